The molecule has 0 aliphatic carbocycles. The van der Waals surface area contributed by atoms with Crippen molar-refractivity contribution >= 4 is 17.5 Å². The Kier molecular flexibility index (Phi) is 6.18. The lowest BCUT2D eigenvalue weighted by Crippen LogP contribution is -2.30. The van der Waals surface area contributed by atoms with Crippen LogP contribution in [0.4, 0.5) is 0 Å². The molecule has 0 radical (unpaired) electrons. The van der Waals surface area contributed by atoms with E-state index in [1.807, 2.05) is 20.9 Å². The first-order chi connectivity index (χ1) is 8.97. The molecule has 0 unspecified atom stereocenters. The van der Waals surface area contributed by atoms with Gasteiger partial charge in [-0.15, -0.1) is 0 Å². The number of hydrogen-bond acceptors (Lipinski definition) is 4. The maximum absolute atomic E-state index is 12.3. The average Bonchev–Trinajstić information content (AvgIpc) is 2.38. The number of carbonyl (C=O) groups excluding carboxylic acids is 1. The quantitative estimate of drug-likeness (QED) is 0.811. The summed E-state index contributed by atoms with van der Waals surface area (Å²) in [6, 6.07) is 0. The van der Waals surface area contributed by atoms with Crippen molar-refractivity contribution in [1.82, 2.24) is 20.2 Å². The number of nitrogens with zero attached hydrogens (tertiary/aromatic N) is 3. The summed E-state index contributed by atoms with van der Waals surface area (Å²) in [5, 5.41) is 3.35. The van der Waals surface area contributed by atoms with Gasteiger partial charge >= 0.3 is 0 Å². The lowest BCUT2D eigenvalue weighted by molar-refractivity contribution is 0.0787. The van der Waals surface area contributed by atoms with E-state index < -0.39 is 0 Å². The van der Waals surface area contributed by atoms with Crippen LogP contribution >= 0.6 is 11.6 Å². The van der Waals surface area contributed by atoms with Crippen LogP contribution in [0, 0.1) is 0 Å². The van der Waals surface area contributed by atoms with Crippen LogP contribution in [0.3, 0.4) is 0 Å². The Bertz CT molecular complexity index is 437. The summed E-state index contributed by atoms with van der Waals surface area (Å²) in [4.78, 5) is 22.3. The minimum atomic E-state index is -0.162. The number of nitrogens with one attached hydrogen (secondary N) is 1. The van der Waals surface area contributed by atoms with E-state index in [9.17, 15) is 4.79 Å². The molecule has 0 aliphatic heterocycles. The van der Waals surface area contributed by atoms with Crippen molar-refractivity contribution in [3.05, 3.63) is 22.7 Å². The number of rotatable bonds is 6. The third kappa shape index (κ3) is 4.44. The van der Waals surface area contributed by atoms with E-state index >= 15 is 0 Å². The zero-order valence-electron chi connectivity index (χ0n) is 11.9. The molecule has 1 aromatic heterocycles. The maximum atomic E-state index is 12.3. The number of hydrogen-bond donors (Lipinski definition) is 1. The van der Waals surface area contributed by atoms with Gasteiger partial charge in [0.15, 0.2) is 5.69 Å². The zero-order chi connectivity index (χ0) is 14.4. The molecule has 6 heteroatoms. The van der Waals surface area contributed by atoms with Crippen LogP contribution in [-0.4, -0.2) is 48.0 Å². The highest BCUT2D eigenvalue weighted by Gasteiger charge is 2.18. The van der Waals surface area contributed by atoms with Gasteiger partial charge < -0.3 is 10.2 Å². The van der Waals surface area contributed by atoms with Gasteiger partial charge in [-0.25, -0.2) is 9.97 Å². The molecule has 0 bridgehead atoms. The first kappa shape index (κ1) is 15.9. The van der Waals surface area contributed by atoms with Crippen molar-refractivity contribution in [3.8, 4) is 0 Å². The van der Waals surface area contributed by atoms with Crippen molar-refractivity contribution in [2.45, 2.75) is 26.2 Å². The molecular formula is C13H21ClN4O. The first-order valence-corrected chi connectivity index (χ1v) is 6.77. The van der Waals surface area contributed by atoms with E-state index in [0.717, 1.165) is 13.0 Å². The van der Waals surface area contributed by atoms with Gasteiger partial charge in [0, 0.05) is 19.5 Å². The fourth-order valence-electron chi connectivity index (χ4n) is 1.58. The van der Waals surface area contributed by atoms with E-state index in [0.29, 0.717) is 17.4 Å². The van der Waals surface area contributed by atoms with Crippen LogP contribution in [-0.2, 0) is 0 Å². The van der Waals surface area contributed by atoms with Crippen molar-refractivity contribution in [1.29, 1.82) is 0 Å². The molecule has 1 heterocycles. The summed E-state index contributed by atoms with van der Waals surface area (Å²) < 4.78 is 0. The Hall–Kier alpha value is -1.20. The summed E-state index contributed by atoms with van der Waals surface area (Å²) in [7, 11) is 3.64. The molecule has 1 rings (SSSR count). The molecule has 0 saturated carbocycles. The second-order valence-electron chi connectivity index (χ2n) is 4.76. The van der Waals surface area contributed by atoms with Crippen LogP contribution in [0.15, 0.2) is 6.20 Å². The lowest BCUT2D eigenvalue weighted by atomic mass is 10.2. The van der Waals surface area contributed by atoms with E-state index in [1.165, 1.54) is 6.20 Å². The Balaban J connectivity index is 2.83. The summed E-state index contributed by atoms with van der Waals surface area (Å²) in [5.41, 5.74) is 0.285. The topological polar surface area (TPSA) is 58.1 Å². The molecule has 0 aliphatic rings. The Morgan fingerprint density at radius 3 is 2.79 bits per heavy atom. The van der Waals surface area contributed by atoms with Crippen molar-refractivity contribution in [2.75, 3.05) is 27.2 Å². The summed E-state index contributed by atoms with van der Waals surface area (Å²) in [6.45, 7) is 5.49. The maximum Gasteiger partial charge on any atom is 0.273 e. The Morgan fingerprint density at radius 1 is 1.53 bits per heavy atom. The minimum absolute atomic E-state index is 0.162. The molecule has 106 valence electrons. The molecule has 5 nitrogen and oxygen atoms in total. The third-order valence-corrected chi connectivity index (χ3v) is 3.03. The van der Waals surface area contributed by atoms with Crippen LogP contribution in [0.5, 0.6) is 0 Å². The Morgan fingerprint density at radius 2 is 2.21 bits per heavy atom. The molecule has 0 fully saturated rings. The van der Waals surface area contributed by atoms with E-state index in [2.05, 4.69) is 15.3 Å². The molecule has 0 atom stereocenters. The second kappa shape index (κ2) is 7.40. The van der Waals surface area contributed by atoms with Gasteiger partial charge in [0.1, 0.15) is 5.82 Å². The number of aromatic nitrogens is 2. The highest BCUT2D eigenvalue weighted by molar-refractivity contribution is 6.33. The van der Waals surface area contributed by atoms with Gasteiger partial charge in [-0.3, -0.25) is 4.79 Å². The minimum Gasteiger partial charge on any atom is -0.340 e. The first-order valence-electron chi connectivity index (χ1n) is 6.39. The van der Waals surface area contributed by atoms with Gasteiger partial charge in [0.25, 0.3) is 5.91 Å². The number of halogens is 1. The van der Waals surface area contributed by atoms with Gasteiger partial charge in [-0.05, 0) is 20.0 Å². The predicted molar refractivity (Wildman–Crippen MR) is 76.6 cm³/mol. The molecule has 0 spiro atoms. The van der Waals surface area contributed by atoms with E-state index in [-0.39, 0.29) is 17.5 Å². The molecule has 1 N–H and O–H groups in total. The zero-order valence-corrected chi connectivity index (χ0v) is 12.7. The summed E-state index contributed by atoms with van der Waals surface area (Å²) in [6.07, 6.45) is 2.39. The van der Waals surface area contributed by atoms with Crippen molar-refractivity contribution in [3.63, 3.8) is 0 Å². The van der Waals surface area contributed by atoms with E-state index in [1.54, 1.807) is 11.9 Å². The molecule has 0 saturated heterocycles. The van der Waals surface area contributed by atoms with Crippen LogP contribution in [0.2, 0.25) is 5.02 Å². The molecule has 0 aromatic carbocycles. The second-order valence-corrected chi connectivity index (χ2v) is 5.17. The van der Waals surface area contributed by atoms with Gasteiger partial charge in [0.2, 0.25) is 0 Å². The smallest absolute Gasteiger partial charge is 0.273 e. The molecule has 19 heavy (non-hydrogen) atoms. The average molecular weight is 285 g/mol. The van der Waals surface area contributed by atoms with Gasteiger partial charge in [-0.1, -0.05) is 25.4 Å². The van der Waals surface area contributed by atoms with Gasteiger partial charge in [-0.2, -0.15) is 0 Å². The molecule has 1 amide bonds. The van der Waals surface area contributed by atoms with Crippen LogP contribution in [0.1, 0.15) is 42.5 Å². The molecular weight excluding hydrogens is 264 g/mol. The molecule has 1 aromatic rings. The predicted octanol–water partition coefficient (Wildman–Crippen LogP) is 1.93. The van der Waals surface area contributed by atoms with Crippen LogP contribution < -0.4 is 5.32 Å². The fraction of sp³-hybridized carbons (Fsp3) is 0.615. The number of amides is 1. The van der Waals surface area contributed by atoms with Gasteiger partial charge in [0.05, 0.1) is 11.2 Å². The SMILES string of the molecule is CNCCCN(C)C(=O)c1nc(C(C)C)ncc1Cl. The van der Waals surface area contributed by atoms with E-state index in [4.69, 9.17) is 11.6 Å². The highest BCUT2D eigenvalue weighted by atomic mass is 35.5. The highest BCUT2D eigenvalue weighted by Crippen LogP contribution is 2.17. The Labute approximate surface area is 119 Å². The fourth-order valence-corrected chi connectivity index (χ4v) is 1.76. The summed E-state index contributed by atoms with van der Waals surface area (Å²) in [5.74, 6) is 0.639. The normalized spacial score (nSPS) is 10.8. The monoisotopic (exact) mass is 284 g/mol. The standard InChI is InChI=1S/C13H21ClN4O/c1-9(2)12-16-8-10(14)11(17-12)13(19)18(4)7-5-6-15-3/h8-9,15H,5-7H2,1-4H3. The largest absolute Gasteiger partial charge is 0.340 e. The lowest BCUT2D eigenvalue weighted by Gasteiger charge is -2.17. The van der Waals surface area contributed by atoms with Crippen LogP contribution in [0.25, 0.3) is 0 Å². The summed E-state index contributed by atoms with van der Waals surface area (Å²) >= 11 is 6.02. The van der Waals surface area contributed by atoms with Crippen molar-refractivity contribution < 1.29 is 4.79 Å². The third-order valence-electron chi connectivity index (χ3n) is 2.75. The van der Waals surface area contributed by atoms with Crippen molar-refractivity contribution in [2.24, 2.45) is 0 Å². The number of carbonyl (C=O) groups is 1.